The molecule has 0 aromatic carbocycles. The molecule has 0 amide bonds. The third-order valence-electron chi connectivity index (χ3n) is 5.48. The van der Waals surface area contributed by atoms with Crippen LogP contribution in [-0.4, -0.2) is 38.5 Å². The number of carbonyl (C=O) groups is 1. The van der Waals surface area contributed by atoms with E-state index in [1.807, 2.05) is 3.21 Å². The maximum absolute atomic E-state index is 11.6. The topological polar surface area (TPSA) is 26.3 Å². The molecule has 0 aliphatic rings. The van der Waals surface area contributed by atoms with Crippen molar-refractivity contribution in [2.45, 2.75) is 119 Å². The predicted octanol–water partition coefficient (Wildman–Crippen LogP) is 7.52. The quantitative estimate of drug-likeness (QED) is 0.186. The summed E-state index contributed by atoms with van der Waals surface area (Å²) < 4.78 is 12.0. The van der Waals surface area contributed by atoms with E-state index in [0.29, 0.717) is 0 Å². The summed E-state index contributed by atoms with van der Waals surface area (Å²) in [4.78, 5) is 11.6. The molecular formula is C22H46O2SiSn. The molecule has 0 aromatic rings. The van der Waals surface area contributed by atoms with E-state index in [1.54, 1.807) is 6.92 Å². The molecule has 0 saturated carbocycles. The van der Waals surface area contributed by atoms with Gasteiger partial charge in [0.05, 0.1) is 0 Å². The Hall–Kier alpha value is 0.226. The number of esters is 1. The van der Waals surface area contributed by atoms with Gasteiger partial charge in [0.1, 0.15) is 0 Å². The van der Waals surface area contributed by atoms with Crippen LogP contribution in [0, 0.1) is 0 Å². The molecule has 0 aromatic heterocycles. The first-order chi connectivity index (χ1) is 12.2. The van der Waals surface area contributed by atoms with E-state index in [2.05, 4.69) is 53.4 Å². The molecule has 1 atom stereocenters. The fraction of sp³-hybridized carbons (Fsp3) is 0.864. The van der Waals surface area contributed by atoms with Crippen molar-refractivity contribution in [3.63, 3.8) is 0 Å². The van der Waals surface area contributed by atoms with Gasteiger partial charge in [0.2, 0.25) is 0 Å². The number of hydrogen-bond acceptors (Lipinski definition) is 2. The second-order valence-corrected chi connectivity index (χ2v) is 28.6. The molecule has 0 bridgehead atoms. The van der Waals surface area contributed by atoms with Gasteiger partial charge in [0.25, 0.3) is 0 Å². The van der Waals surface area contributed by atoms with Crippen molar-refractivity contribution < 1.29 is 9.53 Å². The second kappa shape index (κ2) is 13.4. The normalized spacial score (nSPS) is 14.4. The summed E-state index contributed by atoms with van der Waals surface area (Å²) in [5.41, 5.74) is 0. The van der Waals surface area contributed by atoms with Crippen LogP contribution >= 0.6 is 0 Å². The Morgan fingerprint density at radius 1 is 0.923 bits per heavy atom. The Balaban J connectivity index is 6.13. The molecule has 2 nitrogen and oxygen atoms in total. The Kier molecular flexibility index (Phi) is 13.5. The molecule has 0 fully saturated rings. The van der Waals surface area contributed by atoms with Crippen LogP contribution in [0.3, 0.4) is 0 Å². The zero-order valence-electron chi connectivity index (χ0n) is 19.0. The molecule has 0 rings (SSSR count). The molecule has 0 radical (unpaired) electrons. The van der Waals surface area contributed by atoms with Gasteiger partial charge in [0.15, 0.2) is 0 Å². The van der Waals surface area contributed by atoms with Crippen LogP contribution in [-0.2, 0) is 9.53 Å². The van der Waals surface area contributed by atoms with Crippen LogP contribution in [0.5, 0.6) is 0 Å². The number of rotatable bonds is 14. The monoisotopic (exact) mass is 490 g/mol. The predicted molar refractivity (Wildman–Crippen MR) is 122 cm³/mol. The van der Waals surface area contributed by atoms with Crippen LogP contribution in [0.15, 0.2) is 9.29 Å². The summed E-state index contributed by atoms with van der Waals surface area (Å²) in [6, 6.07) is 0. The number of ether oxygens (including phenoxy) is 1. The van der Waals surface area contributed by atoms with Crippen molar-refractivity contribution in [1.82, 2.24) is 0 Å². The van der Waals surface area contributed by atoms with Crippen molar-refractivity contribution >= 4 is 32.4 Å². The van der Waals surface area contributed by atoms with Gasteiger partial charge in [-0.1, -0.05) is 0 Å². The number of carbonyl (C=O) groups excluding carboxylic acids is 1. The van der Waals surface area contributed by atoms with Crippen LogP contribution in [0.25, 0.3) is 0 Å². The molecule has 0 aliphatic heterocycles. The Morgan fingerprint density at radius 3 is 1.62 bits per heavy atom. The van der Waals surface area contributed by atoms with Crippen LogP contribution < -0.4 is 0 Å². The molecular weight excluding hydrogens is 443 g/mol. The van der Waals surface area contributed by atoms with Crippen LogP contribution in [0.4, 0.5) is 0 Å². The zero-order chi connectivity index (χ0) is 20.2. The van der Waals surface area contributed by atoms with Crippen LogP contribution in [0.2, 0.25) is 33.0 Å². The zero-order valence-corrected chi connectivity index (χ0v) is 22.9. The molecule has 0 heterocycles. The van der Waals surface area contributed by atoms with Gasteiger partial charge in [-0.05, 0) is 0 Å². The average Bonchev–Trinajstić information content (AvgIpc) is 2.57. The van der Waals surface area contributed by atoms with Crippen LogP contribution in [0.1, 0.15) is 79.6 Å². The molecule has 4 heteroatoms. The summed E-state index contributed by atoms with van der Waals surface area (Å²) >= 11 is -2.46. The minimum absolute atomic E-state index is 0.0184. The van der Waals surface area contributed by atoms with Gasteiger partial charge in [-0.25, -0.2) is 0 Å². The van der Waals surface area contributed by atoms with E-state index < -0.39 is 26.5 Å². The van der Waals surface area contributed by atoms with Crippen molar-refractivity contribution in [3.05, 3.63) is 9.29 Å². The Bertz CT molecular complexity index is 405. The first-order valence-electron chi connectivity index (χ1n) is 11.1. The first kappa shape index (κ1) is 26.2. The Morgan fingerprint density at radius 2 is 1.35 bits per heavy atom. The van der Waals surface area contributed by atoms with E-state index in [-0.39, 0.29) is 12.1 Å². The van der Waals surface area contributed by atoms with E-state index in [1.165, 1.54) is 51.8 Å². The second-order valence-electron chi connectivity index (χ2n) is 8.98. The standard InChI is InChI=1S/C10H19O2Si.3C4H9.Sn/c1-6-10(12-9(2)11)7-8-13(3,4)5;3*1-3-4-2;/h7,10H,6H2,1-5H3;3*1,3-4H2,2H3;. The summed E-state index contributed by atoms with van der Waals surface area (Å²) in [5.74, 6) is -0.139. The summed E-state index contributed by atoms with van der Waals surface area (Å²) in [7, 11) is -1.44. The van der Waals surface area contributed by atoms with Crippen molar-refractivity contribution in [3.8, 4) is 0 Å². The first-order valence-corrected chi connectivity index (χ1v) is 22.0. The molecule has 1 unspecified atom stereocenters. The molecule has 0 saturated heterocycles. The number of unbranched alkanes of at least 4 members (excludes halogenated alkanes) is 3. The minimum atomic E-state index is -2.46. The Labute approximate surface area is 169 Å². The van der Waals surface area contributed by atoms with Gasteiger partial charge in [-0.3, -0.25) is 0 Å². The molecule has 0 N–H and O–H groups in total. The van der Waals surface area contributed by atoms with E-state index >= 15 is 0 Å². The molecule has 0 spiro atoms. The summed E-state index contributed by atoms with van der Waals surface area (Å²) in [5, 5.41) is 0. The third-order valence-corrected chi connectivity index (χ3v) is 32.2. The maximum atomic E-state index is 11.6. The SMILES string of the molecule is CCC[CH2][Sn]([CH2]CCC)([CH2]CCC)/[C](=C\C(CC)OC(C)=O)[Si](C)(C)C. The van der Waals surface area contributed by atoms with Crippen molar-refractivity contribution in [2.75, 3.05) is 0 Å². The molecule has 26 heavy (non-hydrogen) atoms. The summed E-state index contributed by atoms with van der Waals surface area (Å²) in [6.45, 7) is 18.3. The van der Waals surface area contributed by atoms with Gasteiger partial charge < -0.3 is 0 Å². The average molecular weight is 489 g/mol. The van der Waals surface area contributed by atoms with Gasteiger partial charge in [0, 0.05) is 0 Å². The van der Waals surface area contributed by atoms with Gasteiger partial charge >= 0.3 is 170 Å². The van der Waals surface area contributed by atoms with E-state index in [0.717, 1.165) is 6.42 Å². The van der Waals surface area contributed by atoms with Gasteiger partial charge in [-0.2, -0.15) is 0 Å². The molecule has 0 aliphatic carbocycles. The van der Waals surface area contributed by atoms with E-state index in [4.69, 9.17) is 4.74 Å². The van der Waals surface area contributed by atoms with Crippen molar-refractivity contribution in [2.24, 2.45) is 0 Å². The number of hydrogen-bond donors (Lipinski definition) is 0. The van der Waals surface area contributed by atoms with Crippen molar-refractivity contribution in [1.29, 1.82) is 0 Å². The fourth-order valence-electron chi connectivity index (χ4n) is 4.18. The van der Waals surface area contributed by atoms with Gasteiger partial charge in [-0.15, -0.1) is 0 Å². The summed E-state index contributed by atoms with van der Waals surface area (Å²) in [6.07, 6.45) is 11.4. The molecule has 154 valence electrons. The van der Waals surface area contributed by atoms with E-state index in [9.17, 15) is 4.79 Å². The third kappa shape index (κ3) is 9.43. The fourth-order valence-corrected chi connectivity index (χ4v) is 37.4.